The largest absolute Gasteiger partial charge is 0.344 e. The number of anilines is 1. The van der Waals surface area contributed by atoms with E-state index in [1.54, 1.807) is 13.2 Å². The highest BCUT2D eigenvalue weighted by molar-refractivity contribution is 5.45. The van der Waals surface area contributed by atoms with Crippen LogP contribution in [0.15, 0.2) is 17.1 Å². The second-order valence-corrected chi connectivity index (χ2v) is 6.69. The lowest BCUT2D eigenvalue weighted by Crippen LogP contribution is -2.31. The summed E-state index contributed by atoms with van der Waals surface area (Å²) in [5.41, 5.74) is 0.562. The molecule has 2 fully saturated rings. The van der Waals surface area contributed by atoms with Crippen molar-refractivity contribution in [3.63, 3.8) is 0 Å². The molecule has 2 aromatic rings. The summed E-state index contributed by atoms with van der Waals surface area (Å²) in [6.45, 7) is 2.56. The molecule has 0 radical (unpaired) electrons. The van der Waals surface area contributed by atoms with Gasteiger partial charge in [-0.3, -0.25) is 4.57 Å². The summed E-state index contributed by atoms with van der Waals surface area (Å²) in [6, 6.07) is 1.41. The molecular formula is C16H20FN5O. The zero-order valence-electron chi connectivity index (χ0n) is 13.3. The van der Waals surface area contributed by atoms with Crippen LogP contribution in [-0.2, 0) is 7.05 Å². The van der Waals surface area contributed by atoms with Crippen molar-refractivity contribution in [1.29, 1.82) is 0 Å². The minimum atomic E-state index is -0.313. The minimum Gasteiger partial charge on any atom is -0.344 e. The smallest absolute Gasteiger partial charge is 0.343 e. The average molecular weight is 317 g/mol. The molecule has 122 valence electrons. The quantitative estimate of drug-likeness (QED) is 0.939. The molecule has 1 aliphatic carbocycles. The molecule has 0 bridgehead atoms. The molecule has 1 saturated heterocycles. The van der Waals surface area contributed by atoms with Crippen LogP contribution in [0.1, 0.15) is 36.7 Å². The molecular weight excluding hydrogens is 297 g/mol. The third-order valence-electron chi connectivity index (χ3n) is 5.08. The number of aromatic nitrogens is 4. The Morgan fingerprint density at radius 1 is 1.35 bits per heavy atom. The fourth-order valence-corrected chi connectivity index (χ4v) is 3.76. The van der Waals surface area contributed by atoms with Crippen molar-refractivity contribution in [2.75, 3.05) is 11.4 Å². The first kappa shape index (κ1) is 14.4. The molecule has 2 aliphatic rings. The second kappa shape index (κ2) is 5.18. The Labute approximate surface area is 133 Å². The number of H-pyrrole nitrogens is 1. The fraction of sp³-hybridized carbons (Fsp3) is 0.562. The number of nitrogens with one attached hydrogen (secondary N) is 1. The summed E-state index contributed by atoms with van der Waals surface area (Å²) < 4.78 is 16.0. The number of aryl methyl sites for hydroxylation is 1. The Hall–Kier alpha value is -2.18. The van der Waals surface area contributed by atoms with E-state index < -0.39 is 0 Å². The van der Waals surface area contributed by atoms with Crippen molar-refractivity contribution in [1.82, 2.24) is 19.7 Å². The zero-order chi connectivity index (χ0) is 16.1. The van der Waals surface area contributed by atoms with Gasteiger partial charge in [-0.25, -0.2) is 19.3 Å². The summed E-state index contributed by atoms with van der Waals surface area (Å²) in [4.78, 5) is 18.1. The van der Waals surface area contributed by atoms with Crippen molar-refractivity contribution in [2.24, 2.45) is 18.9 Å². The van der Waals surface area contributed by atoms with Gasteiger partial charge in [-0.2, -0.15) is 5.10 Å². The Morgan fingerprint density at radius 3 is 2.74 bits per heavy atom. The molecule has 1 aliphatic heterocycles. The molecule has 0 amide bonds. The lowest BCUT2D eigenvalue weighted by atomic mass is 9.94. The van der Waals surface area contributed by atoms with Gasteiger partial charge in [0.05, 0.1) is 6.04 Å². The summed E-state index contributed by atoms with van der Waals surface area (Å²) in [5, 5.41) is 6.72. The van der Waals surface area contributed by atoms with Crippen LogP contribution in [0, 0.1) is 24.6 Å². The van der Waals surface area contributed by atoms with E-state index in [9.17, 15) is 9.18 Å². The standard InChI is InChI=1S/C16H20FN5O/c1-9-7-12(17)14(18-8-9)22-6-5-11(10-3-4-10)13(22)15-19-20-16(23)21(15)2/h7-8,10-11,13H,3-6H2,1-2H3,(H,20,23). The van der Waals surface area contributed by atoms with E-state index in [4.69, 9.17) is 0 Å². The second-order valence-electron chi connectivity index (χ2n) is 6.69. The summed E-state index contributed by atoms with van der Waals surface area (Å²) in [6.07, 6.45) is 5.07. The normalized spacial score (nSPS) is 24.4. The van der Waals surface area contributed by atoms with E-state index in [1.165, 1.54) is 23.5 Å². The number of hydrogen-bond donors (Lipinski definition) is 1. The molecule has 2 aromatic heterocycles. The van der Waals surface area contributed by atoms with Crippen LogP contribution in [0.2, 0.25) is 0 Å². The number of nitrogens with zero attached hydrogens (tertiary/aromatic N) is 4. The third-order valence-corrected chi connectivity index (χ3v) is 5.08. The van der Waals surface area contributed by atoms with Crippen LogP contribution < -0.4 is 10.6 Å². The summed E-state index contributed by atoms with van der Waals surface area (Å²) >= 11 is 0. The van der Waals surface area contributed by atoms with Gasteiger partial charge in [0, 0.05) is 19.8 Å². The van der Waals surface area contributed by atoms with Crippen LogP contribution >= 0.6 is 0 Å². The fourth-order valence-electron chi connectivity index (χ4n) is 3.76. The molecule has 1 N–H and O–H groups in total. The average Bonchev–Trinajstić information content (AvgIpc) is 3.20. The number of rotatable bonds is 3. The molecule has 2 atom stereocenters. The van der Waals surface area contributed by atoms with Gasteiger partial charge < -0.3 is 4.90 Å². The number of aromatic amines is 1. The van der Waals surface area contributed by atoms with Gasteiger partial charge in [-0.05, 0) is 49.7 Å². The number of hydrogen-bond acceptors (Lipinski definition) is 4. The molecule has 23 heavy (non-hydrogen) atoms. The van der Waals surface area contributed by atoms with Crippen LogP contribution in [0.25, 0.3) is 0 Å². The van der Waals surface area contributed by atoms with E-state index in [0.29, 0.717) is 23.5 Å². The van der Waals surface area contributed by atoms with Gasteiger partial charge in [-0.1, -0.05) is 0 Å². The van der Waals surface area contributed by atoms with E-state index in [1.807, 2.05) is 11.8 Å². The first-order valence-electron chi connectivity index (χ1n) is 8.06. The molecule has 0 aromatic carbocycles. The monoisotopic (exact) mass is 317 g/mol. The van der Waals surface area contributed by atoms with Crippen molar-refractivity contribution in [3.8, 4) is 0 Å². The lowest BCUT2D eigenvalue weighted by molar-refractivity contribution is 0.404. The minimum absolute atomic E-state index is 0.101. The Balaban J connectivity index is 1.78. The summed E-state index contributed by atoms with van der Waals surface area (Å²) in [5.74, 6) is 1.76. The van der Waals surface area contributed by atoms with E-state index in [2.05, 4.69) is 15.2 Å². The lowest BCUT2D eigenvalue weighted by Gasteiger charge is -2.28. The van der Waals surface area contributed by atoms with E-state index in [-0.39, 0.29) is 17.5 Å². The summed E-state index contributed by atoms with van der Waals surface area (Å²) in [7, 11) is 1.71. The van der Waals surface area contributed by atoms with Crippen molar-refractivity contribution >= 4 is 5.82 Å². The predicted octanol–water partition coefficient (Wildman–Crippen LogP) is 1.93. The van der Waals surface area contributed by atoms with Crippen LogP contribution in [0.3, 0.4) is 0 Å². The Kier molecular flexibility index (Phi) is 3.25. The maximum absolute atomic E-state index is 14.4. The first-order chi connectivity index (χ1) is 11.1. The Morgan fingerprint density at radius 2 is 2.13 bits per heavy atom. The molecule has 2 unspecified atom stereocenters. The predicted molar refractivity (Wildman–Crippen MR) is 83.7 cm³/mol. The third kappa shape index (κ3) is 2.34. The van der Waals surface area contributed by atoms with Crippen molar-refractivity contribution in [3.05, 3.63) is 40.0 Å². The van der Waals surface area contributed by atoms with Gasteiger partial charge in [0.1, 0.15) is 0 Å². The molecule has 6 nitrogen and oxygen atoms in total. The first-order valence-corrected chi connectivity index (χ1v) is 8.06. The zero-order valence-corrected chi connectivity index (χ0v) is 13.3. The van der Waals surface area contributed by atoms with Crippen LogP contribution in [-0.4, -0.2) is 26.3 Å². The SMILES string of the molecule is Cc1cnc(N2CCC(C3CC3)C2c2n[nH]c(=O)n2C)c(F)c1. The highest BCUT2D eigenvalue weighted by Crippen LogP contribution is 2.50. The topological polar surface area (TPSA) is 66.8 Å². The maximum atomic E-state index is 14.4. The van der Waals surface area contributed by atoms with Gasteiger partial charge in [0.25, 0.3) is 0 Å². The van der Waals surface area contributed by atoms with Gasteiger partial charge >= 0.3 is 5.69 Å². The van der Waals surface area contributed by atoms with Crippen molar-refractivity contribution in [2.45, 2.75) is 32.2 Å². The molecule has 0 spiro atoms. The molecule has 4 rings (SSSR count). The number of halogens is 1. The highest BCUT2D eigenvalue weighted by atomic mass is 19.1. The van der Waals surface area contributed by atoms with Crippen LogP contribution in [0.5, 0.6) is 0 Å². The maximum Gasteiger partial charge on any atom is 0.343 e. The highest BCUT2D eigenvalue weighted by Gasteiger charge is 2.46. The van der Waals surface area contributed by atoms with Gasteiger partial charge in [-0.15, -0.1) is 0 Å². The van der Waals surface area contributed by atoms with Gasteiger partial charge in [0.2, 0.25) is 0 Å². The van der Waals surface area contributed by atoms with Crippen LogP contribution in [0.4, 0.5) is 10.2 Å². The van der Waals surface area contributed by atoms with Gasteiger partial charge in [0.15, 0.2) is 17.5 Å². The molecule has 3 heterocycles. The van der Waals surface area contributed by atoms with E-state index >= 15 is 0 Å². The van der Waals surface area contributed by atoms with Crippen molar-refractivity contribution < 1.29 is 4.39 Å². The number of pyridine rings is 1. The molecule has 1 saturated carbocycles. The van der Waals surface area contributed by atoms with E-state index in [0.717, 1.165) is 18.5 Å². The Bertz CT molecular complexity index is 794. The molecule has 7 heteroatoms.